The van der Waals surface area contributed by atoms with E-state index in [9.17, 15) is 24.2 Å². The lowest BCUT2D eigenvalue weighted by Gasteiger charge is -2.24. The van der Waals surface area contributed by atoms with Gasteiger partial charge in [0, 0.05) is 25.7 Å². The minimum absolute atomic E-state index is 0.00835. The van der Waals surface area contributed by atoms with E-state index in [0.29, 0.717) is 30.3 Å². The third kappa shape index (κ3) is 31.7. The number of aliphatic hydroxyl groups excluding tert-OH is 1. The number of phosphoric ester groups is 1. The molecule has 1 rings (SSSR count). The fourth-order valence-electron chi connectivity index (χ4n) is 6.40. The van der Waals surface area contributed by atoms with Crippen LogP contribution in [0.2, 0.25) is 0 Å². The lowest BCUT2D eigenvalue weighted by Crippen LogP contribution is -2.37. The fourth-order valence-corrected chi connectivity index (χ4v) is 7.14. The number of carbonyl (C=O) groups is 2. The van der Waals surface area contributed by atoms with Gasteiger partial charge in [-0.2, -0.15) is 0 Å². The molecule has 2 unspecified atom stereocenters. The quantitative estimate of drug-likeness (QED) is 0.0165. The third-order valence-electron chi connectivity index (χ3n) is 10.4. The summed E-state index contributed by atoms with van der Waals surface area (Å²) in [4.78, 5) is 35.6. The monoisotopic (exact) mass is 891 g/mol. The number of unbranched alkanes of at least 4 members (excludes halogenated alkanes) is 9. The van der Waals surface area contributed by atoms with Gasteiger partial charge < -0.3 is 28.4 Å². The molecule has 0 aromatic carbocycles. The second-order valence-electron chi connectivity index (χ2n) is 17.2. The van der Waals surface area contributed by atoms with Crippen LogP contribution in [0, 0.1) is 13.8 Å². The van der Waals surface area contributed by atoms with Crippen molar-refractivity contribution >= 4 is 19.8 Å². The molecule has 11 nitrogen and oxygen atoms in total. The van der Waals surface area contributed by atoms with Crippen LogP contribution in [0.1, 0.15) is 158 Å². The fraction of sp³-hybridized carbons (Fsp3) is 0.680. The summed E-state index contributed by atoms with van der Waals surface area (Å²) in [7, 11) is 1.34. The van der Waals surface area contributed by atoms with Crippen LogP contribution in [-0.2, 0) is 45.5 Å². The van der Waals surface area contributed by atoms with Gasteiger partial charge in [0.15, 0.2) is 6.10 Å². The summed E-state index contributed by atoms with van der Waals surface area (Å²) in [5.74, 6) is 1.28. The van der Waals surface area contributed by atoms with Gasteiger partial charge in [0.05, 0.1) is 33.9 Å². The molecular formula is C50H85NO10P+. The first-order chi connectivity index (χ1) is 29.7. The van der Waals surface area contributed by atoms with Crippen LogP contribution in [0.4, 0.5) is 0 Å². The Morgan fingerprint density at radius 2 is 1.24 bits per heavy atom. The topological polar surface area (TPSA) is 142 Å². The lowest BCUT2D eigenvalue weighted by atomic mass is 10.0. The highest BCUT2D eigenvalue weighted by Gasteiger charge is 2.27. The number of aryl methyl sites for hydroxylation is 2. The van der Waals surface area contributed by atoms with Crippen LogP contribution in [0.25, 0.3) is 0 Å². The first kappa shape index (κ1) is 57.0. The second kappa shape index (κ2) is 35.3. The summed E-state index contributed by atoms with van der Waals surface area (Å²) in [6.45, 7) is 8.36. The first-order valence-corrected chi connectivity index (χ1v) is 25.0. The van der Waals surface area contributed by atoms with Gasteiger partial charge in [-0.25, -0.2) is 4.57 Å². The molecule has 0 bridgehead atoms. The third-order valence-corrected chi connectivity index (χ3v) is 11.4. The molecule has 1 aromatic rings. The smallest absolute Gasteiger partial charge is 0.466 e. The molecule has 0 saturated heterocycles. The van der Waals surface area contributed by atoms with E-state index in [1.165, 1.54) is 43.2 Å². The van der Waals surface area contributed by atoms with Crippen molar-refractivity contribution < 1.29 is 51.6 Å². The van der Waals surface area contributed by atoms with Crippen molar-refractivity contribution in [3.05, 3.63) is 83.4 Å². The summed E-state index contributed by atoms with van der Waals surface area (Å²) in [5.41, 5.74) is 2.63. The number of likely N-dealkylation sites (N-methyl/N-ethyl adjacent to an activating group) is 1. The Labute approximate surface area is 375 Å². The normalized spacial score (nSPS) is 14.5. The highest BCUT2D eigenvalue weighted by molar-refractivity contribution is 7.47. The number of ether oxygens (including phenoxy) is 2. The standard InChI is InChI=1S/C50H84NO10P/c1-8-10-12-13-14-15-16-17-18-19-22-25-29-33-45(52)34-32-38-49(53)57-41-46(42-59-62(55,56)58-40-39-51(5,6)7)60-50(54)37-31-27-24-21-20-23-26-30-36-48-44(4)43(3)47(61-48)35-28-11-9-2/h10,12,14-15,17-18,22,25,29,33,45-46,52H,8-9,11,13,16,19-21,23-24,26-28,30-32,34-42H2,1-7H3/p+1/b12-10-,15-14-,18-17-,25-22-,33-29+/t45?,46-/m1/s1. The number of phosphoric acid groups is 1. The van der Waals surface area contributed by atoms with Gasteiger partial charge in [-0.3, -0.25) is 18.6 Å². The summed E-state index contributed by atoms with van der Waals surface area (Å²) in [5, 5.41) is 10.3. The number of esters is 2. The average Bonchev–Trinajstić information content (AvgIpc) is 3.48. The number of rotatable bonds is 38. The van der Waals surface area contributed by atoms with E-state index < -0.39 is 38.6 Å². The highest BCUT2D eigenvalue weighted by Crippen LogP contribution is 2.43. The van der Waals surface area contributed by atoms with Gasteiger partial charge in [0.25, 0.3) is 0 Å². The van der Waals surface area contributed by atoms with Crippen molar-refractivity contribution in [1.29, 1.82) is 0 Å². The predicted molar refractivity (Wildman–Crippen MR) is 252 cm³/mol. The van der Waals surface area contributed by atoms with Crippen molar-refractivity contribution in [2.24, 2.45) is 0 Å². The maximum Gasteiger partial charge on any atom is 0.472 e. The van der Waals surface area contributed by atoms with Crippen LogP contribution in [-0.4, -0.2) is 86.1 Å². The lowest BCUT2D eigenvalue weighted by molar-refractivity contribution is -0.870. The Morgan fingerprint density at radius 3 is 1.84 bits per heavy atom. The Kier molecular flexibility index (Phi) is 32.5. The van der Waals surface area contributed by atoms with E-state index in [2.05, 4.69) is 64.2 Å². The van der Waals surface area contributed by atoms with Gasteiger partial charge in [0.1, 0.15) is 31.3 Å². The molecule has 1 aromatic heterocycles. The van der Waals surface area contributed by atoms with Crippen LogP contribution < -0.4 is 0 Å². The molecule has 0 amide bonds. The number of aliphatic hydroxyl groups is 1. The maximum absolute atomic E-state index is 12.8. The molecule has 3 atom stereocenters. The van der Waals surface area contributed by atoms with Crippen LogP contribution in [0.3, 0.4) is 0 Å². The molecule has 0 spiro atoms. The summed E-state index contributed by atoms with van der Waals surface area (Å²) >= 11 is 0. The number of furan rings is 1. The molecular weight excluding hydrogens is 806 g/mol. The molecule has 12 heteroatoms. The van der Waals surface area contributed by atoms with Gasteiger partial charge in [-0.1, -0.05) is 126 Å². The van der Waals surface area contributed by atoms with Gasteiger partial charge in [-0.15, -0.1) is 0 Å². The van der Waals surface area contributed by atoms with Crippen molar-refractivity contribution in [2.75, 3.05) is 47.5 Å². The molecule has 2 N–H and O–H groups in total. The van der Waals surface area contributed by atoms with E-state index in [1.807, 2.05) is 33.3 Å². The Bertz CT molecular complexity index is 1540. The Balaban J connectivity index is 2.43. The maximum atomic E-state index is 12.8. The number of nitrogens with zero attached hydrogens (tertiary/aromatic N) is 1. The molecule has 1 heterocycles. The van der Waals surface area contributed by atoms with Gasteiger partial charge >= 0.3 is 19.8 Å². The van der Waals surface area contributed by atoms with Crippen molar-refractivity contribution in [2.45, 2.75) is 175 Å². The summed E-state index contributed by atoms with van der Waals surface area (Å²) in [6, 6.07) is 0. The molecule has 0 aliphatic heterocycles. The highest BCUT2D eigenvalue weighted by atomic mass is 31.2. The predicted octanol–water partition coefficient (Wildman–Crippen LogP) is 11.9. The van der Waals surface area contributed by atoms with E-state index in [4.69, 9.17) is 22.9 Å². The van der Waals surface area contributed by atoms with Crippen LogP contribution in [0.5, 0.6) is 0 Å². The van der Waals surface area contributed by atoms with E-state index in [1.54, 1.807) is 12.2 Å². The number of carbonyl (C=O) groups excluding carboxylic acids is 2. The van der Waals surface area contributed by atoms with Gasteiger partial charge in [0.2, 0.25) is 0 Å². The number of quaternary nitrogens is 1. The molecule has 62 heavy (non-hydrogen) atoms. The van der Waals surface area contributed by atoms with Crippen LogP contribution in [0.15, 0.2) is 65.2 Å². The molecule has 0 fully saturated rings. The minimum atomic E-state index is -4.44. The molecule has 0 aliphatic carbocycles. The number of hydrogen-bond acceptors (Lipinski definition) is 9. The summed E-state index contributed by atoms with van der Waals surface area (Å²) < 4.78 is 40.5. The average molecular weight is 891 g/mol. The Hall–Kier alpha value is -3.05. The Morgan fingerprint density at radius 1 is 0.694 bits per heavy atom. The molecule has 354 valence electrons. The number of hydrogen-bond donors (Lipinski definition) is 2. The van der Waals surface area contributed by atoms with Gasteiger partial charge in [-0.05, 0) is 82.8 Å². The van der Waals surface area contributed by atoms with Crippen molar-refractivity contribution in [1.82, 2.24) is 0 Å². The van der Waals surface area contributed by atoms with E-state index in [0.717, 1.165) is 82.1 Å². The number of allylic oxidation sites excluding steroid dienone is 9. The molecule has 0 saturated carbocycles. The van der Waals surface area contributed by atoms with Crippen LogP contribution >= 0.6 is 7.82 Å². The van der Waals surface area contributed by atoms with E-state index >= 15 is 0 Å². The SMILES string of the molecule is CC/C=C\C/C=C\C/C=C\C/C=C\C=C\C(O)CCCC(=O)OC[C@H](COP(=O)(O)OCC[N+](C)(C)C)OC(=O)CCCCCCCCCCc1oc(CCCCC)c(C)c1C. The zero-order chi connectivity index (χ0) is 45.9. The zero-order valence-corrected chi connectivity index (χ0v) is 40.6. The minimum Gasteiger partial charge on any atom is -0.466 e. The zero-order valence-electron chi connectivity index (χ0n) is 39.7. The first-order valence-electron chi connectivity index (χ1n) is 23.5. The summed E-state index contributed by atoms with van der Waals surface area (Å²) in [6.07, 6.45) is 37.0. The van der Waals surface area contributed by atoms with Crippen molar-refractivity contribution in [3.8, 4) is 0 Å². The second-order valence-corrected chi connectivity index (χ2v) is 18.6. The molecule has 0 aliphatic rings. The van der Waals surface area contributed by atoms with Crippen molar-refractivity contribution in [3.63, 3.8) is 0 Å². The molecule has 0 radical (unpaired) electrons. The largest absolute Gasteiger partial charge is 0.472 e. The van der Waals surface area contributed by atoms with E-state index in [-0.39, 0.29) is 26.1 Å².